The van der Waals surface area contributed by atoms with E-state index in [1.165, 1.54) is 0 Å². The molecule has 0 saturated carbocycles. The molecule has 92 valence electrons. The molecule has 0 heterocycles. The van der Waals surface area contributed by atoms with E-state index in [-0.39, 0.29) is 11.5 Å². The number of nitriles is 1. The third-order valence-corrected chi connectivity index (χ3v) is 3.92. The van der Waals surface area contributed by atoms with Crippen molar-refractivity contribution < 1.29 is 8.42 Å². The Kier molecular flexibility index (Phi) is 4.67. The van der Waals surface area contributed by atoms with Crippen molar-refractivity contribution in [2.45, 2.75) is 5.75 Å². The normalized spacial score (nSPS) is 11.4. The summed E-state index contributed by atoms with van der Waals surface area (Å²) in [5.74, 6) is 0.0460. The average molecular weight is 252 g/mol. The second-order valence-electron chi connectivity index (χ2n) is 4.16. The fourth-order valence-corrected chi connectivity index (χ4v) is 2.90. The largest absolute Gasteiger partial charge is 0.308 e. The van der Waals surface area contributed by atoms with E-state index in [1.807, 2.05) is 25.1 Å². The topological polar surface area (TPSA) is 61.2 Å². The Morgan fingerprint density at radius 1 is 1.29 bits per heavy atom. The molecule has 0 N–H and O–H groups in total. The summed E-state index contributed by atoms with van der Waals surface area (Å²) < 4.78 is 23.7. The molecule has 0 spiro atoms. The third-order valence-electron chi connectivity index (χ3n) is 2.36. The van der Waals surface area contributed by atoms with Gasteiger partial charge in [0.25, 0.3) is 0 Å². The standard InChI is InChI=1S/C12H16N2O2S/c1-14(2)7-8-17(15,16)10-12-6-4-3-5-11(12)9-13/h3-6H,7-8,10H2,1-2H3. The number of hydrogen-bond donors (Lipinski definition) is 0. The Balaban J connectivity index is 2.80. The van der Waals surface area contributed by atoms with Gasteiger partial charge in [-0.2, -0.15) is 5.26 Å². The summed E-state index contributed by atoms with van der Waals surface area (Å²) in [6.07, 6.45) is 0. The van der Waals surface area contributed by atoms with Gasteiger partial charge in [0, 0.05) is 6.54 Å². The Labute approximate surface area is 102 Å². The number of rotatable bonds is 5. The van der Waals surface area contributed by atoms with E-state index < -0.39 is 9.84 Å². The quantitative estimate of drug-likeness (QED) is 0.785. The molecule has 1 aromatic rings. The van der Waals surface area contributed by atoms with Gasteiger partial charge in [-0.25, -0.2) is 8.42 Å². The lowest BCUT2D eigenvalue weighted by Gasteiger charge is -2.10. The molecule has 17 heavy (non-hydrogen) atoms. The number of hydrogen-bond acceptors (Lipinski definition) is 4. The van der Waals surface area contributed by atoms with Gasteiger partial charge in [-0.15, -0.1) is 0 Å². The van der Waals surface area contributed by atoms with Crippen LogP contribution in [0, 0.1) is 11.3 Å². The van der Waals surface area contributed by atoms with Crippen LogP contribution >= 0.6 is 0 Å². The summed E-state index contributed by atoms with van der Waals surface area (Å²) in [6.45, 7) is 0.497. The van der Waals surface area contributed by atoms with Crippen molar-refractivity contribution in [2.75, 3.05) is 26.4 Å². The van der Waals surface area contributed by atoms with Gasteiger partial charge >= 0.3 is 0 Å². The Morgan fingerprint density at radius 3 is 2.53 bits per heavy atom. The Hall–Kier alpha value is -1.38. The summed E-state index contributed by atoms with van der Waals surface area (Å²) in [7, 11) is 0.509. The molecule has 5 heteroatoms. The second kappa shape index (κ2) is 5.80. The highest BCUT2D eigenvalue weighted by atomic mass is 32.2. The highest BCUT2D eigenvalue weighted by molar-refractivity contribution is 7.90. The monoisotopic (exact) mass is 252 g/mol. The van der Waals surface area contributed by atoms with Crippen LogP contribution in [-0.4, -0.2) is 39.7 Å². The van der Waals surface area contributed by atoms with Crippen molar-refractivity contribution in [1.82, 2.24) is 4.90 Å². The second-order valence-corrected chi connectivity index (χ2v) is 6.35. The summed E-state index contributed by atoms with van der Waals surface area (Å²) in [5, 5.41) is 8.88. The molecule has 0 fully saturated rings. The smallest absolute Gasteiger partial charge is 0.155 e. The van der Waals surface area contributed by atoms with Crippen LogP contribution in [0.1, 0.15) is 11.1 Å². The molecule has 0 aliphatic rings. The van der Waals surface area contributed by atoms with E-state index in [0.717, 1.165) is 0 Å². The fraction of sp³-hybridized carbons (Fsp3) is 0.417. The third kappa shape index (κ3) is 4.55. The molecule has 4 nitrogen and oxygen atoms in total. The first kappa shape index (κ1) is 13.7. The van der Waals surface area contributed by atoms with E-state index in [9.17, 15) is 8.42 Å². The van der Waals surface area contributed by atoms with Crippen molar-refractivity contribution in [2.24, 2.45) is 0 Å². The molecule has 0 aliphatic heterocycles. The zero-order chi connectivity index (χ0) is 12.9. The molecule has 0 saturated heterocycles. The van der Waals surface area contributed by atoms with E-state index in [0.29, 0.717) is 17.7 Å². The van der Waals surface area contributed by atoms with Crippen LogP contribution in [0.5, 0.6) is 0 Å². The minimum atomic E-state index is -3.16. The predicted molar refractivity (Wildman–Crippen MR) is 67.2 cm³/mol. The van der Waals surface area contributed by atoms with Crippen molar-refractivity contribution in [3.05, 3.63) is 35.4 Å². The van der Waals surface area contributed by atoms with E-state index >= 15 is 0 Å². The van der Waals surface area contributed by atoms with Crippen LogP contribution < -0.4 is 0 Å². The van der Waals surface area contributed by atoms with Crippen LogP contribution in [0.15, 0.2) is 24.3 Å². The van der Waals surface area contributed by atoms with Crippen LogP contribution in [0.2, 0.25) is 0 Å². The molecule has 1 rings (SSSR count). The lowest BCUT2D eigenvalue weighted by Crippen LogP contribution is -2.23. The number of benzene rings is 1. The van der Waals surface area contributed by atoms with Gasteiger partial charge in [-0.1, -0.05) is 18.2 Å². The molecule has 1 aromatic carbocycles. The first-order valence-electron chi connectivity index (χ1n) is 5.28. The zero-order valence-electron chi connectivity index (χ0n) is 10.0. The molecule has 0 bridgehead atoms. The van der Waals surface area contributed by atoms with E-state index in [1.54, 1.807) is 24.3 Å². The van der Waals surface area contributed by atoms with E-state index in [2.05, 4.69) is 0 Å². The van der Waals surface area contributed by atoms with Gasteiger partial charge in [0.2, 0.25) is 0 Å². The molecule has 0 unspecified atom stereocenters. The summed E-state index contributed by atoms with van der Waals surface area (Å²) in [6, 6.07) is 8.81. The van der Waals surface area contributed by atoms with Gasteiger partial charge in [-0.05, 0) is 25.7 Å². The van der Waals surface area contributed by atoms with E-state index in [4.69, 9.17) is 5.26 Å². The Bertz CT molecular complexity index is 516. The van der Waals surface area contributed by atoms with Gasteiger partial charge in [0.05, 0.1) is 23.1 Å². The van der Waals surface area contributed by atoms with Crippen LogP contribution in [0.25, 0.3) is 0 Å². The molecule has 0 atom stereocenters. The number of nitrogens with zero attached hydrogens (tertiary/aromatic N) is 2. The number of sulfone groups is 1. The Morgan fingerprint density at radius 2 is 1.94 bits per heavy atom. The van der Waals surface area contributed by atoms with Gasteiger partial charge in [0.1, 0.15) is 0 Å². The van der Waals surface area contributed by atoms with Crippen molar-refractivity contribution in [3.63, 3.8) is 0 Å². The van der Waals surface area contributed by atoms with Crippen molar-refractivity contribution in [3.8, 4) is 6.07 Å². The van der Waals surface area contributed by atoms with Gasteiger partial charge in [-0.3, -0.25) is 0 Å². The maximum atomic E-state index is 11.8. The molecular weight excluding hydrogens is 236 g/mol. The first-order chi connectivity index (χ1) is 7.94. The van der Waals surface area contributed by atoms with Gasteiger partial charge < -0.3 is 4.90 Å². The fourth-order valence-electron chi connectivity index (χ4n) is 1.39. The highest BCUT2D eigenvalue weighted by Gasteiger charge is 2.14. The lowest BCUT2D eigenvalue weighted by molar-refractivity contribution is 0.432. The van der Waals surface area contributed by atoms with Crippen molar-refractivity contribution >= 4 is 9.84 Å². The molecule has 0 aromatic heterocycles. The van der Waals surface area contributed by atoms with Crippen molar-refractivity contribution in [1.29, 1.82) is 5.26 Å². The van der Waals surface area contributed by atoms with Crippen LogP contribution in [-0.2, 0) is 15.6 Å². The SMILES string of the molecule is CN(C)CCS(=O)(=O)Cc1ccccc1C#N. The lowest BCUT2D eigenvalue weighted by atomic mass is 10.1. The predicted octanol–water partition coefficient (Wildman–Crippen LogP) is 1.03. The molecule has 0 radical (unpaired) electrons. The van der Waals surface area contributed by atoms with Crippen LogP contribution in [0.3, 0.4) is 0 Å². The molecule has 0 aliphatic carbocycles. The summed E-state index contributed by atoms with van der Waals surface area (Å²) >= 11 is 0. The molecular formula is C12H16N2O2S. The minimum Gasteiger partial charge on any atom is -0.308 e. The minimum absolute atomic E-state index is 0.0649. The summed E-state index contributed by atoms with van der Waals surface area (Å²) in [4.78, 5) is 1.83. The van der Waals surface area contributed by atoms with Gasteiger partial charge in [0.15, 0.2) is 9.84 Å². The summed E-state index contributed by atoms with van der Waals surface area (Å²) in [5.41, 5.74) is 1.01. The van der Waals surface area contributed by atoms with Crippen LogP contribution in [0.4, 0.5) is 0 Å². The highest BCUT2D eigenvalue weighted by Crippen LogP contribution is 2.12. The average Bonchev–Trinajstić information content (AvgIpc) is 2.27. The zero-order valence-corrected chi connectivity index (χ0v) is 10.9. The first-order valence-corrected chi connectivity index (χ1v) is 7.10. The maximum Gasteiger partial charge on any atom is 0.155 e. The maximum absolute atomic E-state index is 11.8. The molecule has 0 amide bonds.